The molecule has 226 valence electrons. The molecule has 5 fully saturated rings. The Bertz CT molecular complexity index is 1390. The summed E-state index contributed by atoms with van der Waals surface area (Å²) in [4.78, 5) is 41.2. The van der Waals surface area contributed by atoms with E-state index < -0.39 is 52.3 Å². The van der Waals surface area contributed by atoms with E-state index in [0.717, 1.165) is 37.9 Å². The highest BCUT2D eigenvalue weighted by Gasteiger charge is 2.83. The van der Waals surface area contributed by atoms with Gasteiger partial charge in [-0.25, -0.2) is 4.79 Å². The van der Waals surface area contributed by atoms with E-state index in [0.29, 0.717) is 34.0 Å². The molecule has 0 unspecified atom stereocenters. The lowest BCUT2D eigenvalue weighted by Gasteiger charge is -2.44. The second-order valence-corrected chi connectivity index (χ2v) is 15.2. The maximum atomic E-state index is 13.1. The van der Waals surface area contributed by atoms with Crippen molar-refractivity contribution in [1.82, 2.24) is 0 Å². The number of phenols is 1. The van der Waals surface area contributed by atoms with Crippen molar-refractivity contribution >= 4 is 57.9 Å². The van der Waals surface area contributed by atoms with E-state index in [2.05, 4.69) is 10.0 Å². The second kappa shape index (κ2) is 10.7. The zero-order valence-corrected chi connectivity index (χ0v) is 26.2. The van der Waals surface area contributed by atoms with Gasteiger partial charge >= 0.3 is 17.9 Å². The number of carbonyl (C=O) groups is 3. The van der Waals surface area contributed by atoms with Crippen LogP contribution in [0.4, 0.5) is 5.69 Å². The number of aliphatic carboxylic acids is 1. The fourth-order valence-corrected chi connectivity index (χ4v) is 11.1. The van der Waals surface area contributed by atoms with E-state index in [1.807, 2.05) is 22.6 Å². The third-order valence-corrected chi connectivity index (χ3v) is 13.1. The number of carbonyl (C=O) groups excluding carboxylic acids is 2. The highest BCUT2D eigenvalue weighted by molar-refractivity contribution is 14.1. The maximum absolute atomic E-state index is 13.1. The molecule has 1 heterocycles. The Morgan fingerprint density at radius 2 is 2.05 bits per heavy atom. The van der Waals surface area contributed by atoms with Gasteiger partial charge in [0.25, 0.3) is 0 Å². The Hall–Kier alpha value is -2.22. The number of azide groups is 1. The molecule has 1 spiro atoms. The van der Waals surface area contributed by atoms with Crippen molar-refractivity contribution in [2.75, 3.05) is 18.1 Å². The number of aliphatic hydroxyl groups excluding tert-OH is 1. The Balaban J connectivity index is 1.06. The van der Waals surface area contributed by atoms with Gasteiger partial charge < -0.3 is 24.8 Å². The first-order valence-electron chi connectivity index (χ1n) is 14.5. The third kappa shape index (κ3) is 4.24. The summed E-state index contributed by atoms with van der Waals surface area (Å²) in [5.74, 6) is -1.18. The summed E-state index contributed by atoms with van der Waals surface area (Å²) in [6, 6.07) is 2.66. The fourth-order valence-electron chi connectivity index (χ4n) is 9.67. The van der Waals surface area contributed by atoms with Crippen molar-refractivity contribution in [3.05, 3.63) is 31.7 Å². The Morgan fingerprint density at radius 1 is 1.26 bits per heavy atom. The largest absolute Gasteiger partial charge is 0.507 e. The molecule has 1 aromatic carbocycles. The summed E-state index contributed by atoms with van der Waals surface area (Å²) >= 11 is 3.59. The summed E-state index contributed by atoms with van der Waals surface area (Å²) in [7, 11) is 0. The first-order valence-corrected chi connectivity index (χ1v) is 16.7. The lowest BCUT2D eigenvalue weighted by molar-refractivity contribution is -0.162. The molecule has 42 heavy (non-hydrogen) atoms. The first-order chi connectivity index (χ1) is 20.0. The number of rotatable bonds is 9. The van der Waals surface area contributed by atoms with Crippen molar-refractivity contribution in [2.24, 2.45) is 45.5 Å². The molecule has 0 amide bonds. The molecule has 1 aromatic rings. The molecule has 4 aliphatic carbocycles. The molecule has 11 nitrogen and oxygen atoms in total. The van der Waals surface area contributed by atoms with Crippen LogP contribution in [-0.2, 0) is 19.1 Å². The number of phenolic OH excluding ortho intramolecular Hbond substituents is 1. The molecule has 3 N–H and O–H groups in total. The molecule has 6 rings (SSSR count). The molecule has 5 aliphatic rings. The molecule has 4 saturated carbocycles. The predicted molar refractivity (Wildman–Crippen MR) is 160 cm³/mol. The minimum atomic E-state index is -1.17. The average molecular weight is 712 g/mol. The Kier molecular flexibility index (Phi) is 7.63. The van der Waals surface area contributed by atoms with Crippen LogP contribution in [0.5, 0.6) is 5.75 Å². The number of carboxylic acid groups (broad SMARTS) is 1. The second-order valence-electron chi connectivity index (χ2n) is 12.8. The Morgan fingerprint density at radius 3 is 2.79 bits per heavy atom. The number of thioether (sulfide) groups is 1. The van der Waals surface area contributed by atoms with Crippen LogP contribution in [0.2, 0.25) is 0 Å². The van der Waals surface area contributed by atoms with Crippen LogP contribution in [0.3, 0.4) is 0 Å². The molecular weight excluding hydrogens is 677 g/mol. The van der Waals surface area contributed by atoms with Gasteiger partial charge in [0.05, 0.1) is 23.1 Å². The average Bonchev–Trinajstić information content (AvgIpc) is 3.43. The minimum Gasteiger partial charge on any atom is -0.507 e. The van der Waals surface area contributed by atoms with Gasteiger partial charge in [0.15, 0.2) is 0 Å². The van der Waals surface area contributed by atoms with Crippen molar-refractivity contribution in [2.45, 2.75) is 63.6 Å². The van der Waals surface area contributed by atoms with Crippen molar-refractivity contribution in [3.8, 4) is 5.75 Å². The van der Waals surface area contributed by atoms with Crippen LogP contribution < -0.4 is 0 Å². The number of ether oxygens (including phenoxy) is 2. The lowest BCUT2D eigenvalue weighted by Crippen LogP contribution is -2.53. The van der Waals surface area contributed by atoms with Gasteiger partial charge in [0.2, 0.25) is 0 Å². The van der Waals surface area contributed by atoms with Gasteiger partial charge in [-0.15, -0.1) is 0 Å². The van der Waals surface area contributed by atoms with Gasteiger partial charge in [-0.2, -0.15) is 11.8 Å². The van der Waals surface area contributed by atoms with Crippen LogP contribution >= 0.6 is 34.4 Å². The number of aliphatic hydroxyl groups is 1. The number of halogens is 1. The number of esters is 2. The van der Waals surface area contributed by atoms with Gasteiger partial charge in [-0.05, 0) is 115 Å². The normalized spacial score (nSPS) is 39.2. The van der Waals surface area contributed by atoms with E-state index in [1.165, 1.54) is 12.1 Å². The Labute approximate surface area is 260 Å². The van der Waals surface area contributed by atoms with Crippen LogP contribution in [0.1, 0.15) is 62.2 Å². The quantitative estimate of drug-likeness (QED) is 0.0753. The molecule has 0 radical (unpaired) electrons. The number of aromatic hydroxyl groups is 1. The zero-order chi connectivity index (χ0) is 30.0. The van der Waals surface area contributed by atoms with Gasteiger partial charge in [0, 0.05) is 26.1 Å². The maximum Gasteiger partial charge on any atom is 0.341 e. The molecule has 4 bridgehead atoms. The van der Waals surface area contributed by atoms with Crippen LogP contribution in [0, 0.1) is 44.0 Å². The number of hydrogen-bond acceptors (Lipinski definition) is 9. The molecule has 9 atom stereocenters. The van der Waals surface area contributed by atoms with E-state index in [4.69, 9.17) is 15.0 Å². The topological polar surface area (TPSA) is 179 Å². The summed E-state index contributed by atoms with van der Waals surface area (Å²) in [6.45, 7) is 1.90. The van der Waals surface area contributed by atoms with E-state index in [-0.39, 0.29) is 29.5 Å². The van der Waals surface area contributed by atoms with Gasteiger partial charge in [-0.3, -0.25) is 9.59 Å². The van der Waals surface area contributed by atoms with Crippen LogP contribution in [0.15, 0.2) is 17.2 Å². The molecule has 0 aromatic heterocycles. The highest BCUT2D eigenvalue weighted by atomic mass is 127. The van der Waals surface area contributed by atoms with Crippen molar-refractivity contribution in [1.29, 1.82) is 0 Å². The monoisotopic (exact) mass is 711 g/mol. The highest BCUT2D eigenvalue weighted by Crippen LogP contribution is 2.78. The number of nitrogens with zero attached hydrogens (tertiary/aromatic N) is 3. The van der Waals surface area contributed by atoms with Crippen LogP contribution in [0.25, 0.3) is 10.4 Å². The summed E-state index contributed by atoms with van der Waals surface area (Å²) in [5, 5.41) is 35.1. The van der Waals surface area contributed by atoms with Gasteiger partial charge in [-0.1, -0.05) is 5.11 Å². The molecular formula is C29H34IN3O8S. The number of fused-ring (bicyclic) bond motifs is 1. The number of carboxylic acids is 1. The van der Waals surface area contributed by atoms with Crippen molar-refractivity contribution < 1.29 is 39.2 Å². The first kappa shape index (κ1) is 29.8. The number of hydrogen-bond donors (Lipinski definition) is 3. The molecule has 13 heteroatoms. The van der Waals surface area contributed by atoms with E-state index in [9.17, 15) is 29.7 Å². The SMILES string of the molecule is C[C@@]12C(=O)O[C@]3(CC[C@@H]1O)[C@@H]1CC[C@@H]4C[C@]1(C[C@H]4CCSCCOC(=O)c1cc(I)c(N=[N+]=[N-])cc1O)[C@@H](C(=O)O)[C@@H]32. The summed E-state index contributed by atoms with van der Waals surface area (Å²) in [6.07, 6.45) is 4.55. The van der Waals surface area contributed by atoms with Crippen LogP contribution in [-0.4, -0.2) is 63.0 Å². The van der Waals surface area contributed by atoms with E-state index in [1.54, 1.807) is 18.7 Å². The molecule has 1 aliphatic heterocycles. The lowest BCUT2D eigenvalue weighted by atomic mass is 9.59. The van der Waals surface area contributed by atoms with Gasteiger partial charge in [0.1, 0.15) is 23.5 Å². The van der Waals surface area contributed by atoms with E-state index >= 15 is 0 Å². The summed E-state index contributed by atoms with van der Waals surface area (Å²) < 4.78 is 12.0. The third-order valence-electron chi connectivity index (χ3n) is 11.2. The standard InChI is InChI=1S/C29H34IN3O8S/c1-27-21(35)4-6-29(41-26(27)39)20-3-2-14-12-28(20,22(23(27)29)24(36)37)13-15(14)5-8-42-9-7-40-25(38)16-10-17(30)18(32-33-31)11-19(16)34/h10-11,14-15,20-23,34-35H,2-9,12-13H2,1H3,(H,36,37)/t14-,15-,20-,21+,22-,23-,27-,28-,29-/m1/s1. The van der Waals surface area contributed by atoms with Crippen molar-refractivity contribution in [3.63, 3.8) is 0 Å². The zero-order valence-electron chi connectivity index (χ0n) is 23.2. The fraction of sp³-hybridized carbons (Fsp3) is 0.690. The predicted octanol–water partition coefficient (Wildman–Crippen LogP) is 5.43. The smallest absolute Gasteiger partial charge is 0.341 e. The minimum absolute atomic E-state index is 0.0127. The number of benzene rings is 1. The summed E-state index contributed by atoms with van der Waals surface area (Å²) in [5.41, 5.74) is 6.50. The molecule has 1 saturated heterocycles.